The molecule has 3 nitrogen and oxygen atoms in total. The van der Waals surface area contributed by atoms with Crippen LogP contribution in [0.25, 0.3) is 0 Å². The maximum Gasteiger partial charge on any atom is 0.209 e. The summed E-state index contributed by atoms with van der Waals surface area (Å²) in [5.74, 6) is 0.805. The normalized spacial score (nSPS) is 15.2. The zero-order chi connectivity index (χ0) is 22.0. The molecule has 4 heteroatoms. The maximum atomic E-state index is 14.7. The molecule has 0 aromatic heterocycles. The van der Waals surface area contributed by atoms with Crippen LogP contribution in [0.2, 0.25) is 0 Å². The summed E-state index contributed by atoms with van der Waals surface area (Å²) in [5, 5.41) is 1.69. The van der Waals surface area contributed by atoms with Crippen LogP contribution < -0.4 is 15.5 Å². The van der Waals surface area contributed by atoms with Crippen LogP contribution in [0.1, 0.15) is 50.7 Å². The molecule has 0 amide bonds. The summed E-state index contributed by atoms with van der Waals surface area (Å²) in [4.78, 5) is 2.20. The summed E-state index contributed by atoms with van der Waals surface area (Å²) in [6.07, 6.45) is 0. The molecule has 0 spiro atoms. The minimum Gasteiger partial charge on any atom is -0.344 e. The smallest absolute Gasteiger partial charge is 0.209 e. The maximum absolute atomic E-state index is 14.7. The molecule has 0 saturated carbocycles. The zero-order valence-electron chi connectivity index (χ0n) is 18.8. The van der Waals surface area contributed by atoms with Gasteiger partial charge in [-0.2, -0.15) is 0 Å². The average molecular weight is 431 g/mol. The van der Waals surface area contributed by atoms with Gasteiger partial charge in [-0.05, 0) is 47.2 Å². The highest BCUT2D eigenvalue weighted by Gasteiger charge is 2.40. The summed E-state index contributed by atoms with van der Waals surface area (Å²) >= 11 is 0. The molecule has 1 aliphatic rings. The highest BCUT2D eigenvalue weighted by Crippen LogP contribution is 2.51. The van der Waals surface area contributed by atoms with Gasteiger partial charge in [0.1, 0.15) is 0 Å². The fourth-order valence-corrected chi connectivity index (χ4v) is 6.92. The minimum absolute atomic E-state index is 0.402. The Kier molecular flexibility index (Phi) is 6.36. The molecule has 160 valence electrons. The highest BCUT2D eigenvalue weighted by molar-refractivity contribution is 7.76. The minimum atomic E-state index is -3.03. The van der Waals surface area contributed by atoms with E-state index >= 15 is 0 Å². The first-order chi connectivity index (χ1) is 14.9. The lowest BCUT2D eigenvalue weighted by Crippen LogP contribution is -2.29. The quantitative estimate of drug-likeness (QED) is 0.450. The molecule has 0 bridgehead atoms. The molecule has 1 heterocycles. The molecule has 1 aliphatic heterocycles. The topological polar surface area (TPSA) is 23.6 Å². The van der Waals surface area contributed by atoms with Gasteiger partial charge in [0, 0.05) is 29.4 Å². The van der Waals surface area contributed by atoms with Crippen LogP contribution in [0.3, 0.4) is 0 Å². The van der Waals surface area contributed by atoms with Crippen molar-refractivity contribution in [1.29, 1.82) is 0 Å². The van der Waals surface area contributed by atoms with Crippen molar-refractivity contribution in [2.24, 2.45) is 0 Å². The molecular formula is C27H31N2OP. The third kappa shape index (κ3) is 4.10. The predicted octanol–water partition coefficient (Wildman–Crippen LogP) is 5.98. The van der Waals surface area contributed by atoms with Crippen LogP contribution in [0.4, 0.5) is 5.69 Å². The van der Waals surface area contributed by atoms with E-state index in [4.69, 9.17) is 0 Å². The molecule has 0 aliphatic carbocycles. The number of benzene rings is 3. The lowest BCUT2D eigenvalue weighted by atomic mass is 9.92. The lowest BCUT2D eigenvalue weighted by molar-refractivity contribution is 0.524. The Labute approximate surface area is 187 Å². The standard InChI is InChI=1S/C27H31N2OP/c1-21(2)25-16-11-17-26(22(3)4)27(25)28-18-19-29(20-28)31(30,23-12-7-5-8-13-23)24-14-9-6-10-15-24/h5-17,21-22H,18-19H2,1-4H3. The first kappa shape index (κ1) is 21.9. The van der Waals surface area contributed by atoms with Crippen molar-refractivity contribution in [2.75, 3.05) is 18.0 Å². The number of nitrogens with zero attached hydrogens (tertiary/aromatic N) is 2. The van der Waals surface area contributed by atoms with Gasteiger partial charge in [0.25, 0.3) is 0 Å². The van der Waals surface area contributed by atoms with Crippen molar-refractivity contribution < 1.29 is 4.57 Å². The van der Waals surface area contributed by atoms with Crippen LogP contribution in [0.5, 0.6) is 0 Å². The van der Waals surface area contributed by atoms with E-state index < -0.39 is 7.29 Å². The summed E-state index contributed by atoms with van der Waals surface area (Å²) in [5.41, 5.74) is 3.85. The van der Waals surface area contributed by atoms with Crippen molar-refractivity contribution >= 4 is 23.6 Å². The van der Waals surface area contributed by atoms with Gasteiger partial charge in [-0.25, -0.2) is 4.67 Å². The van der Waals surface area contributed by atoms with E-state index in [9.17, 15) is 4.57 Å². The Bertz CT molecular complexity index is 993. The zero-order valence-corrected chi connectivity index (χ0v) is 19.7. The van der Waals surface area contributed by atoms with Crippen LogP contribution >= 0.6 is 7.29 Å². The molecule has 4 rings (SSSR count). The fourth-order valence-electron chi connectivity index (χ4n) is 4.31. The largest absolute Gasteiger partial charge is 0.344 e. The van der Waals surface area contributed by atoms with Gasteiger partial charge in [0.15, 0.2) is 6.67 Å². The van der Waals surface area contributed by atoms with E-state index in [1.807, 2.05) is 65.3 Å². The molecule has 2 radical (unpaired) electrons. The molecule has 31 heavy (non-hydrogen) atoms. The molecule has 0 unspecified atom stereocenters. The second-order valence-electron chi connectivity index (χ2n) is 8.72. The van der Waals surface area contributed by atoms with E-state index in [1.54, 1.807) is 0 Å². The van der Waals surface area contributed by atoms with Crippen LogP contribution in [0, 0.1) is 6.67 Å². The summed E-state index contributed by atoms with van der Waals surface area (Å²) in [7, 11) is -3.03. The van der Waals surface area contributed by atoms with Crippen molar-refractivity contribution in [3.63, 3.8) is 0 Å². The molecule has 1 saturated heterocycles. The first-order valence-corrected chi connectivity index (χ1v) is 12.7. The number of rotatable bonds is 6. The van der Waals surface area contributed by atoms with Gasteiger partial charge in [-0.15, -0.1) is 0 Å². The molecule has 3 aromatic carbocycles. The highest BCUT2D eigenvalue weighted by atomic mass is 31.2. The first-order valence-electron chi connectivity index (χ1n) is 11.1. The molecule has 1 fully saturated rings. The fraction of sp³-hybridized carbons (Fsp3) is 0.296. The van der Waals surface area contributed by atoms with Gasteiger partial charge < -0.3 is 4.90 Å². The van der Waals surface area contributed by atoms with Gasteiger partial charge in [-0.1, -0.05) is 82.3 Å². The predicted molar refractivity (Wildman–Crippen MR) is 132 cm³/mol. The Morgan fingerprint density at radius 1 is 0.710 bits per heavy atom. The van der Waals surface area contributed by atoms with Crippen molar-refractivity contribution in [2.45, 2.75) is 39.5 Å². The molecular weight excluding hydrogens is 399 g/mol. The average Bonchev–Trinajstić information content (AvgIpc) is 3.29. The third-order valence-electron chi connectivity index (χ3n) is 5.94. The monoisotopic (exact) mass is 430 g/mol. The lowest BCUT2D eigenvalue weighted by Gasteiger charge is -2.30. The van der Waals surface area contributed by atoms with Gasteiger partial charge >= 0.3 is 0 Å². The van der Waals surface area contributed by atoms with E-state index in [-0.39, 0.29) is 0 Å². The van der Waals surface area contributed by atoms with Crippen LogP contribution in [-0.4, -0.2) is 17.8 Å². The van der Waals surface area contributed by atoms with Gasteiger partial charge in [-0.3, -0.25) is 4.57 Å². The van der Waals surface area contributed by atoms with E-state index in [0.717, 1.165) is 17.2 Å². The molecule has 0 atom stereocenters. The van der Waals surface area contributed by atoms with Crippen LogP contribution in [0.15, 0.2) is 78.9 Å². The van der Waals surface area contributed by atoms with E-state index in [1.165, 1.54) is 16.8 Å². The second-order valence-corrected chi connectivity index (χ2v) is 11.4. The van der Waals surface area contributed by atoms with Gasteiger partial charge in [0.05, 0.1) is 0 Å². The number of para-hydroxylation sites is 1. The van der Waals surface area contributed by atoms with Crippen molar-refractivity contribution in [3.05, 3.63) is 96.7 Å². The second kappa shape index (κ2) is 9.02. The molecule has 0 N–H and O–H groups in total. The van der Waals surface area contributed by atoms with Gasteiger partial charge in [0.2, 0.25) is 7.29 Å². The number of anilines is 1. The van der Waals surface area contributed by atoms with Crippen molar-refractivity contribution in [1.82, 2.24) is 4.67 Å². The Morgan fingerprint density at radius 3 is 1.65 bits per heavy atom. The van der Waals surface area contributed by atoms with Crippen LogP contribution in [-0.2, 0) is 4.57 Å². The Morgan fingerprint density at radius 2 is 1.19 bits per heavy atom. The van der Waals surface area contributed by atoms with E-state index in [2.05, 4.69) is 57.5 Å². The summed E-state index contributed by atoms with van der Waals surface area (Å²) < 4.78 is 16.6. The van der Waals surface area contributed by atoms with Crippen molar-refractivity contribution in [3.8, 4) is 0 Å². The number of hydrogen-bond donors (Lipinski definition) is 0. The SMILES string of the molecule is CC(C)c1cccc(C(C)C)c1N1[C]N(P(=O)(c2ccccc2)c2ccccc2)CC1. The van der Waals surface area contributed by atoms with E-state index in [0.29, 0.717) is 18.4 Å². The summed E-state index contributed by atoms with van der Waals surface area (Å²) in [6.45, 7) is 13.9. The third-order valence-corrected chi connectivity index (χ3v) is 8.90. The summed E-state index contributed by atoms with van der Waals surface area (Å²) in [6, 6.07) is 26.3. The Hall–Kier alpha value is -2.35. The molecule has 3 aromatic rings. The number of hydrogen-bond acceptors (Lipinski definition) is 2. The Balaban J connectivity index is 1.77.